The second kappa shape index (κ2) is 6.66. The molecule has 0 aromatic carbocycles. The number of nitrogens with zero attached hydrogens (tertiary/aromatic N) is 2. The lowest BCUT2D eigenvalue weighted by Gasteiger charge is -2.33. The third-order valence-electron chi connectivity index (χ3n) is 7.24. The topological polar surface area (TPSA) is 70.2 Å². The van der Waals surface area contributed by atoms with Crippen LogP contribution in [0.1, 0.15) is 62.5 Å². The number of H-pyrrole nitrogens is 1. The largest absolute Gasteiger partial charge is 0.334 e. The molecule has 3 heterocycles. The molecule has 4 aliphatic rings. The maximum Gasteiger partial charge on any atom is 0.255 e. The summed E-state index contributed by atoms with van der Waals surface area (Å²) in [6.45, 7) is 5.20. The first kappa shape index (κ1) is 18.3. The highest BCUT2D eigenvalue weighted by Crippen LogP contribution is 2.41. The van der Waals surface area contributed by atoms with E-state index in [1.54, 1.807) is 4.90 Å². The molecule has 28 heavy (non-hydrogen) atoms. The molecule has 2 aliphatic carbocycles. The van der Waals surface area contributed by atoms with Crippen LogP contribution < -0.4 is 5.32 Å². The van der Waals surface area contributed by atoms with Gasteiger partial charge in [0.15, 0.2) is 6.10 Å². The molecule has 2 N–H and O–H groups in total. The minimum absolute atomic E-state index is 0.0223. The van der Waals surface area contributed by atoms with Gasteiger partial charge in [0, 0.05) is 24.7 Å². The Morgan fingerprint density at radius 2 is 2.18 bits per heavy atom. The second-order valence-corrected chi connectivity index (χ2v) is 9.72. The average molecular weight is 388 g/mol. The van der Waals surface area contributed by atoms with Crippen molar-refractivity contribution in [1.29, 1.82) is 0 Å². The van der Waals surface area contributed by atoms with Crippen LogP contribution >= 0.6 is 0 Å². The number of fused-ring (bicyclic) bond motifs is 2. The summed E-state index contributed by atoms with van der Waals surface area (Å²) in [6.07, 6.45) is 9.13. The van der Waals surface area contributed by atoms with Crippen molar-refractivity contribution < 1.29 is 14.3 Å². The molecular formula is C21H29FN4O2. The Kier molecular flexibility index (Phi) is 4.36. The summed E-state index contributed by atoms with van der Waals surface area (Å²) >= 11 is 0. The predicted octanol–water partition coefficient (Wildman–Crippen LogP) is 2.77. The number of amides is 1. The zero-order valence-electron chi connectivity index (χ0n) is 16.6. The van der Waals surface area contributed by atoms with Gasteiger partial charge >= 0.3 is 0 Å². The summed E-state index contributed by atoms with van der Waals surface area (Å²) in [5.41, 5.74) is 4.24. The Morgan fingerprint density at radius 1 is 1.32 bits per heavy atom. The number of carbonyl (C=O) groups excluding carboxylic acids is 1. The van der Waals surface area contributed by atoms with Gasteiger partial charge in [0.2, 0.25) is 0 Å². The molecule has 5 atom stereocenters. The number of carbonyl (C=O) groups is 1. The van der Waals surface area contributed by atoms with E-state index < -0.39 is 6.10 Å². The highest BCUT2D eigenvalue weighted by atomic mass is 19.3. The maximum absolute atomic E-state index is 12.5. The van der Waals surface area contributed by atoms with Crippen LogP contribution in [0.15, 0.2) is 12.2 Å². The monoisotopic (exact) mass is 388 g/mol. The van der Waals surface area contributed by atoms with Crippen LogP contribution in [-0.4, -0.2) is 45.7 Å². The van der Waals surface area contributed by atoms with Gasteiger partial charge in [-0.1, -0.05) is 26.0 Å². The molecule has 0 saturated carbocycles. The number of halogens is 1. The van der Waals surface area contributed by atoms with Crippen LogP contribution in [0.25, 0.3) is 0 Å². The highest BCUT2D eigenvalue weighted by Gasteiger charge is 2.43. The van der Waals surface area contributed by atoms with E-state index in [9.17, 15) is 9.32 Å². The third kappa shape index (κ3) is 2.99. The zero-order chi connectivity index (χ0) is 19.5. The first-order valence-electron chi connectivity index (χ1n) is 10.5. The molecule has 6 nitrogen and oxygen atoms in total. The number of likely N-dealkylation sites (tertiary alicyclic amines) is 1. The van der Waals surface area contributed by atoms with Crippen molar-refractivity contribution in [1.82, 2.24) is 20.4 Å². The Morgan fingerprint density at radius 3 is 2.96 bits per heavy atom. The Bertz CT molecular complexity index is 804. The van der Waals surface area contributed by atoms with Gasteiger partial charge in [-0.05, 0) is 53.5 Å². The molecule has 0 bridgehead atoms. The molecule has 5 unspecified atom stereocenters. The number of aromatic amines is 1. The zero-order valence-corrected chi connectivity index (χ0v) is 16.6. The summed E-state index contributed by atoms with van der Waals surface area (Å²) in [7, 11) is 0. The standard InChI is InChI=1S/C21H29FN4O2/c1-21(2)7-5-14-17(11-21)24-25-19(14)16-9-12-3-4-13(10-15(12)23-16)26-8-6-18(28-22)20(26)27/h3-4,12-13,15-16,18,23H,5-11H2,1-2H3,(H,24,25). The second-order valence-electron chi connectivity index (χ2n) is 9.72. The lowest BCUT2D eigenvalue weighted by molar-refractivity contribution is -0.185. The summed E-state index contributed by atoms with van der Waals surface area (Å²) in [6, 6.07) is 0.607. The van der Waals surface area contributed by atoms with Crippen molar-refractivity contribution >= 4 is 5.91 Å². The minimum atomic E-state index is -0.921. The molecule has 2 aliphatic heterocycles. The van der Waals surface area contributed by atoms with E-state index in [1.807, 2.05) is 0 Å². The van der Waals surface area contributed by atoms with Crippen molar-refractivity contribution in [2.75, 3.05) is 6.54 Å². The van der Waals surface area contributed by atoms with Crippen LogP contribution in [0.4, 0.5) is 4.53 Å². The smallest absolute Gasteiger partial charge is 0.255 e. The van der Waals surface area contributed by atoms with Gasteiger partial charge in [0.25, 0.3) is 5.91 Å². The Labute approximate surface area is 164 Å². The molecule has 0 spiro atoms. The van der Waals surface area contributed by atoms with Crippen molar-refractivity contribution in [3.63, 3.8) is 0 Å². The average Bonchev–Trinajstić information content (AvgIpc) is 3.35. The van der Waals surface area contributed by atoms with E-state index in [1.165, 1.54) is 23.4 Å². The lowest BCUT2D eigenvalue weighted by Crippen LogP contribution is -2.44. The van der Waals surface area contributed by atoms with Crippen LogP contribution in [0.3, 0.4) is 0 Å². The molecule has 1 aromatic heterocycles. The van der Waals surface area contributed by atoms with Crippen LogP contribution in [0.5, 0.6) is 0 Å². The van der Waals surface area contributed by atoms with Gasteiger partial charge in [0.05, 0.1) is 17.8 Å². The predicted molar refractivity (Wildman–Crippen MR) is 102 cm³/mol. The number of aromatic nitrogens is 2. The number of hydrogen-bond donors (Lipinski definition) is 2. The summed E-state index contributed by atoms with van der Waals surface area (Å²) < 4.78 is 12.5. The minimum Gasteiger partial charge on any atom is -0.334 e. The molecule has 0 radical (unpaired) electrons. The van der Waals surface area contributed by atoms with Gasteiger partial charge in [-0.3, -0.25) is 9.89 Å². The molecule has 1 aromatic rings. The fourth-order valence-corrected chi connectivity index (χ4v) is 5.62. The Balaban J connectivity index is 1.29. The van der Waals surface area contributed by atoms with Crippen molar-refractivity contribution in [3.05, 3.63) is 29.1 Å². The summed E-state index contributed by atoms with van der Waals surface area (Å²) in [5, 5.41) is 11.8. The molecule has 5 rings (SSSR count). The molecular weight excluding hydrogens is 359 g/mol. The van der Waals surface area contributed by atoms with Crippen molar-refractivity contribution in [2.24, 2.45) is 11.3 Å². The van der Waals surface area contributed by atoms with Gasteiger partial charge in [-0.15, -0.1) is 0 Å². The van der Waals surface area contributed by atoms with E-state index in [2.05, 4.69) is 41.4 Å². The van der Waals surface area contributed by atoms with Gasteiger partial charge in [0.1, 0.15) is 0 Å². The quantitative estimate of drug-likeness (QED) is 0.782. The highest BCUT2D eigenvalue weighted by molar-refractivity contribution is 5.83. The van der Waals surface area contributed by atoms with Gasteiger partial charge in [-0.2, -0.15) is 10.0 Å². The molecule has 152 valence electrons. The normalized spacial score (nSPS) is 36.6. The van der Waals surface area contributed by atoms with Crippen molar-refractivity contribution in [3.8, 4) is 0 Å². The molecule has 2 saturated heterocycles. The van der Waals surface area contributed by atoms with E-state index in [4.69, 9.17) is 5.10 Å². The van der Waals surface area contributed by atoms with E-state index in [-0.39, 0.29) is 18.0 Å². The van der Waals surface area contributed by atoms with Crippen LogP contribution in [0, 0.1) is 11.3 Å². The van der Waals surface area contributed by atoms with Gasteiger partial charge < -0.3 is 10.2 Å². The first-order valence-corrected chi connectivity index (χ1v) is 10.5. The van der Waals surface area contributed by atoms with Crippen molar-refractivity contribution in [2.45, 2.75) is 76.6 Å². The fourth-order valence-electron chi connectivity index (χ4n) is 5.62. The van der Waals surface area contributed by atoms with E-state index in [0.717, 1.165) is 25.7 Å². The SMILES string of the molecule is CC1(C)CCc2c(C3CC4C=CC(N5CCC(OF)C5=O)CC4N3)n[nH]c2C1. The lowest BCUT2D eigenvalue weighted by atomic mass is 9.76. The molecule has 7 heteroatoms. The van der Waals surface area contributed by atoms with Gasteiger partial charge in [-0.25, -0.2) is 0 Å². The summed E-state index contributed by atoms with van der Waals surface area (Å²) in [4.78, 5) is 17.9. The maximum atomic E-state index is 12.5. The molecule has 1 amide bonds. The number of hydrogen-bond acceptors (Lipinski definition) is 4. The van der Waals surface area contributed by atoms with Crippen LogP contribution in [0.2, 0.25) is 0 Å². The first-order chi connectivity index (χ1) is 13.4. The Hall–Kier alpha value is -1.73. The van der Waals surface area contributed by atoms with E-state index in [0.29, 0.717) is 30.3 Å². The number of rotatable bonds is 3. The van der Waals surface area contributed by atoms with Crippen LogP contribution in [-0.2, 0) is 22.6 Å². The summed E-state index contributed by atoms with van der Waals surface area (Å²) in [5.74, 6) is 0.230. The fraction of sp³-hybridized carbons (Fsp3) is 0.714. The number of nitrogens with one attached hydrogen (secondary N) is 2. The molecule has 2 fully saturated rings. The van der Waals surface area contributed by atoms with E-state index >= 15 is 0 Å². The third-order valence-corrected chi connectivity index (χ3v) is 7.24.